The molecule has 0 saturated carbocycles. The number of amides is 2. The molecular weight excluding hydrogens is 347 g/mol. The molecule has 0 bridgehead atoms. The fourth-order valence-corrected chi connectivity index (χ4v) is 2.47. The van der Waals surface area contributed by atoms with Crippen molar-refractivity contribution in [1.29, 1.82) is 0 Å². The Balaban J connectivity index is 1.66. The van der Waals surface area contributed by atoms with Gasteiger partial charge in [-0.05, 0) is 23.8 Å². The molecule has 1 heterocycles. The van der Waals surface area contributed by atoms with Crippen molar-refractivity contribution in [2.45, 2.75) is 6.54 Å². The average Bonchev–Trinajstić information content (AvgIpc) is 2.99. The van der Waals surface area contributed by atoms with Gasteiger partial charge in [-0.1, -0.05) is 53.5 Å². The zero-order chi connectivity index (χ0) is 16.9. The molecule has 0 radical (unpaired) electrons. The molecule has 0 spiro atoms. The van der Waals surface area contributed by atoms with Gasteiger partial charge < -0.3 is 5.32 Å². The largest absolute Gasteiger partial charge is 0.324 e. The number of hydrogen-bond acceptors (Lipinski definition) is 2. The van der Waals surface area contributed by atoms with Crippen LogP contribution in [0.4, 0.5) is 16.3 Å². The smallest absolute Gasteiger partial charge is 0.308 e. The topological polar surface area (TPSA) is 59.0 Å². The Morgan fingerprint density at radius 1 is 1.00 bits per heavy atom. The predicted molar refractivity (Wildman–Crippen MR) is 96.9 cm³/mol. The summed E-state index contributed by atoms with van der Waals surface area (Å²) in [5.41, 5.74) is 1.64. The number of carbonyl (C=O) groups is 1. The van der Waals surface area contributed by atoms with Crippen LogP contribution in [0.25, 0.3) is 0 Å². The van der Waals surface area contributed by atoms with E-state index in [0.29, 0.717) is 28.1 Å². The second-order valence-electron chi connectivity index (χ2n) is 5.07. The van der Waals surface area contributed by atoms with E-state index in [1.807, 2.05) is 30.3 Å². The highest BCUT2D eigenvalue weighted by Crippen LogP contribution is 2.25. The van der Waals surface area contributed by atoms with Crippen molar-refractivity contribution in [3.05, 3.63) is 76.4 Å². The van der Waals surface area contributed by atoms with Gasteiger partial charge in [-0.3, -0.25) is 5.32 Å². The van der Waals surface area contributed by atoms with Crippen LogP contribution in [0.2, 0.25) is 10.0 Å². The first kappa shape index (κ1) is 16.4. The number of halogens is 2. The Labute approximate surface area is 149 Å². The summed E-state index contributed by atoms with van der Waals surface area (Å²) in [6, 6.07) is 16.1. The van der Waals surface area contributed by atoms with Crippen LogP contribution in [0.1, 0.15) is 5.56 Å². The molecule has 0 fully saturated rings. The molecule has 0 saturated heterocycles. The van der Waals surface area contributed by atoms with E-state index in [0.717, 1.165) is 5.56 Å². The lowest BCUT2D eigenvalue weighted by molar-refractivity contribution is 0.262. The number of benzene rings is 2. The number of nitrogens with zero attached hydrogens (tertiary/aromatic N) is 2. The van der Waals surface area contributed by atoms with Crippen molar-refractivity contribution in [1.82, 2.24) is 9.78 Å². The number of nitrogens with one attached hydrogen (secondary N) is 2. The zero-order valence-corrected chi connectivity index (χ0v) is 14.1. The Kier molecular flexibility index (Phi) is 5.03. The highest BCUT2D eigenvalue weighted by Gasteiger charge is 2.09. The summed E-state index contributed by atoms with van der Waals surface area (Å²) in [5.74, 6) is 0.594. The summed E-state index contributed by atoms with van der Waals surface area (Å²) in [7, 11) is 0. The second-order valence-corrected chi connectivity index (χ2v) is 5.88. The van der Waals surface area contributed by atoms with Crippen molar-refractivity contribution in [2.75, 3.05) is 10.6 Å². The van der Waals surface area contributed by atoms with Crippen molar-refractivity contribution in [3.8, 4) is 0 Å². The molecule has 0 aliphatic heterocycles. The number of anilines is 2. The third-order valence-corrected chi connectivity index (χ3v) is 4.05. The van der Waals surface area contributed by atoms with Gasteiger partial charge >= 0.3 is 6.03 Å². The van der Waals surface area contributed by atoms with Crippen LogP contribution in [0, 0.1) is 0 Å². The van der Waals surface area contributed by atoms with Gasteiger partial charge in [0.25, 0.3) is 0 Å². The van der Waals surface area contributed by atoms with Crippen LogP contribution in [0.3, 0.4) is 0 Å². The summed E-state index contributed by atoms with van der Waals surface area (Å²) in [6.45, 7) is 0.566. The van der Waals surface area contributed by atoms with Gasteiger partial charge in [0, 0.05) is 11.8 Å². The second kappa shape index (κ2) is 7.38. The van der Waals surface area contributed by atoms with Crippen LogP contribution in [0.5, 0.6) is 0 Å². The van der Waals surface area contributed by atoms with Gasteiger partial charge in [0.2, 0.25) is 0 Å². The van der Waals surface area contributed by atoms with E-state index in [2.05, 4.69) is 15.7 Å². The zero-order valence-electron chi connectivity index (χ0n) is 12.5. The van der Waals surface area contributed by atoms with E-state index < -0.39 is 0 Å². The quantitative estimate of drug-likeness (QED) is 0.696. The molecule has 7 heteroatoms. The normalized spacial score (nSPS) is 10.4. The molecule has 0 atom stereocenters. The van der Waals surface area contributed by atoms with Gasteiger partial charge in [-0.15, -0.1) is 0 Å². The third kappa shape index (κ3) is 4.07. The maximum absolute atomic E-state index is 12.1. The summed E-state index contributed by atoms with van der Waals surface area (Å²) in [6.07, 6.45) is 1.64. The molecule has 2 N–H and O–H groups in total. The Hall–Kier alpha value is -2.50. The first-order valence-corrected chi connectivity index (χ1v) is 7.96. The van der Waals surface area contributed by atoms with Crippen LogP contribution >= 0.6 is 23.2 Å². The highest BCUT2D eigenvalue weighted by molar-refractivity contribution is 6.42. The van der Waals surface area contributed by atoms with Crippen molar-refractivity contribution in [3.63, 3.8) is 0 Å². The van der Waals surface area contributed by atoms with Crippen LogP contribution in [0.15, 0.2) is 60.8 Å². The summed E-state index contributed by atoms with van der Waals surface area (Å²) in [4.78, 5) is 12.1. The lowest BCUT2D eigenvalue weighted by atomic mass is 10.2. The van der Waals surface area contributed by atoms with Gasteiger partial charge in [0.05, 0.1) is 22.8 Å². The Morgan fingerprint density at radius 3 is 2.54 bits per heavy atom. The number of hydrogen-bond donors (Lipinski definition) is 2. The maximum Gasteiger partial charge on any atom is 0.324 e. The number of urea groups is 1. The summed E-state index contributed by atoms with van der Waals surface area (Å²) < 4.78 is 1.71. The third-order valence-electron chi connectivity index (χ3n) is 3.31. The Bertz CT molecular complexity index is 849. The Morgan fingerprint density at radius 2 is 1.79 bits per heavy atom. The molecule has 1 aromatic heterocycles. The predicted octanol–water partition coefficient (Wildman–Crippen LogP) is 4.88. The molecule has 0 unspecified atom stereocenters. The van der Waals surface area contributed by atoms with E-state index in [9.17, 15) is 4.79 Å². The monoisotopic (exact) mass is 360 g/mol. The fraction of sp³-hybridized carbons (Fsp3) is 0.0588. The number of rotatable bonds is 4. The van der Waals surface area contributed by atoms with E-state index in [-0.39, 0.29) is 6.03 Å². The molecule has 2 aromatic carbocycles. The molecule has 122 valence electrons. The SMILES string of the molecule is O=C(Nc1ccc(Cl)c(Cl)c1)Nc1ccnn1Cc1ccccc1. The minimum Gasteiger partial charge on any atom is -0.308 e. The van der Waals surface area contributed by atoms with Crippen LogP contribution in [-0.4, -0.2) is 15.8 Å². The number of aromatic nitrogens is 2. The molecule has 5 nitrogen and oxygen atoms in total. The van der Waals surface area contributed by atoms with Crippen molar-refractivity contribution >= 4 is 40.7 Å². The van der Waals surface area contributed by atoms with Gasteiger partial charge in [0.15, 0.2) is 0 Å². The van der Waals surface area contributed by atoms with Gasteiger partial charge in [-0.25, -0.2) is 9.48 Å². The lowest BCUT2D eigenvalue weighted by Crippen LogP contribution is -2.21. The highest BCUT2D eigenvalue weighted by atomic mass is 35.5. The molecule has 2 amide bonds. The average molecular weight is 361 g/mol. The first-order chi connectivity index (χ1) is 11.6. The minimum atomic E-state index is -0.386. The van der Waals surface area contributed by atoms with Gasteiger partial charge in [0.1, 0.15) is 5.82 Å². The van der Waals surface area contributed by atoms with Gasteiger partial charge in [-0.2, -0.15) is 5.10 Å². The number of carbonyl (C=O) groups excluding carboxylic acids is 1. The molecular formula is C17H14Cl2N4O. The fourth-order valence-electron chi connectivity index (χ4n) is 2.17. The van der Waals surface area contributed by atoms with Crippen molar-refractivity contribution < 1.29 is 4.79 Å². The molecule has 3 rings (SSSR count). The lowest BCUT2D eigenvalue weighted by Gasteiger charge is -2.10. The molecule has 24 heavy (non-hydrogen) atoms. The summed E-state index contributed by atoms with van der Waals surface area (Å²) >= 11 is 11.8. The summed E-state index contributed by atoms with van der Waals surface area (Å²) in [5, 5.41) is 10.5. The van der Waals surface area contributed by atoms with Crippen LogP contribution in [-0.2, 0) is 6.54 Å². The molecule has 0 aliphatic carbocycles. The standard InChI is InChI=1S/C17H14Cl2N4O/c18-14-7-6-13(10-15(14)19)21-17(24)22-16-8-9-20-23(16)11-12-4-2-1-3-5-12/h1-10H,11H2,(H2,21,22,24). The van der Waals surface area contributed by atoms with E-state index in [1.54, 1.807) is 35.1 Å². The molecule has 3 aromatic rings. The first-order valence-electron chi connectivity index (χ1n) is 7.20. The van der Waals surface area contributed by atoms with E-state index in [1.165, 1.54) is 0 Å². The van der Waals surface area contributed by atoms with Crippen LogP contribution < -0.4 is 10.6 Å². The molecule has 0 aliphatic rings. The van der Waals surface area contributed by atoms with E-state index in [4.69, 9.17) is 23.2 Å². The van der Waals surface area contributed by atoms with Crippen molar-refractivity contribution in [2.24, 2.45) is 0 Å². The maximum atomic E-state index is 12.1. The van der Waals surface area contributed by atoms with E-state index >= 15 is 0 Å². The minimum absolute atomic E-state index is 0.378.